The number of rotatable bonds is 10. The lowest BCUT2D eigenvalue weighted by atomic mass is 10.1. The minimum absolute atomic E-state index is 0.0516. The predicted octanol–water partition coefficient (Wildman–Crippen LogP) is 4.09. The molecule has 9 heteroatoms. The molecule has 7 nitrogen and oxygen atoms in total. The lowest BCUT2D eigenvalue weighted by Gasteiger charge is -2.33. The number of likely N-dealkylation sites (N-methyl/N-ethyl adjacent to an activating group) is 1. The first kappa shape index (κ1) is 26.2. The van der Waals surface area contributed by atoms with E-state index in [9.17, 15) is 18.0 Å². The van der Waals surface area contributed by atoms with Gasteiger partial charge in [0.05, 0.1) is 10.6 Å². The van der Waals surface area contributed by atoms with Gasteiger partial charge in [-0.2, -0.15) is 0 Å². The maximum atomic E-state index is 13.7. The molecule has 0 saturated heterocycles. The number of halogens is 1. The van der Waals surface area contributed by atoms with Crippen molar-refractivity contribution in [3.63, 3.8) is 0 Å². The summed E-state index contributed by atoms with van der Waals surface area (Å²) in [6.45, 7) is 1.48. The van der Waals surface area contributed by atoms with E-state index in [4.69, 9.17) is 11.6 Å². The molecule has 0 unspecified atom stereocenters. The van der Waals surface area contributed by atoms with E-state index in [-0.39, 0.29) is 17.3 Å². The molecule has 0 spiro atoms. The molecule has 0 radical (unpaired) electrons. The monoisotopic (exact) mass is 513 g/mol. The molecular formula is C26H28ClN3O4S. The Labute approximate surface area is 211 Å². The number of sulfonamides is 1. The van der Waals surface area contributed by atoms with Gasteiger partial charge >= 0.3 is 0 Å². The second kappa shape index (κ2) is 11.9. The highest BCUT2D eigenvalue weighted by Gasteiger charge is 2.33. The summed E-state index contributed by atoms with van der Waals surface area (Å²) in [6, 6.07) is 22.6. The Morgan fingerprint density at radius 1 is 0.914 bits per heavy atom. The van der Waals surface area contributed by atoms with Crippen molar-refractivity contribution in [2.75, 3.05) is 17.9 Å². The van der Waals surface area contributed by atoms with Crippen LogP contribution in [-0.4, -0.2) is 44.8 Å². The third kappa shape index (κ3) is 6.41. The first-order valence-corrected chi connectivity index (χ1v) is 13.0. The van der Waals surface area contributed by atoms with Crippen LogP contribution >= 0.6 is 11.6 Å². The van der Waals surface area contributed by atoms with Crippen molar-refractivity contribution in [3.8, 4) is 0 Å². The SMILES string of the molecule is CC[C@H](C(=O)NC)N(Cc1ccccc1)C(=O)CN(c1ccc(Cl)cc1)S(=O)(=O)c1ccccc1. The highest BCUT2D eigenvalue weighted by atomic mass is 35.5. The van der Waals surface area contributed by atoms with Gasteiger partial charge < -0.3 is 10.2 Å². The van der Waals surface area contributed by atoms with E-state index in [0.717, 1.165) is 9.87 Å². The molecule has 0 bridgehead atoms. The van der Waals surface area contributed by atoms with Crippen molar-refractivity contribution in [1.29, 1.82) is 0 Å². The predicted molar refractivity (Wildman–Crippen MR) is 138 cm³/mol. The van der Waals surface area contributed by atoms with Crippen molar-refractivity contribution in [2.45, 2.75) is 30.8 Å². The van der Waals surface area contributed by atoms with E-state index in [1.54, 1.807) is 42.5 Å². The first-order chi connectivity index (χ1) is 16.8. The van der Waals surface area contributed by atoms with Crippen molar-refractivity contribution >= 4 is 39.1 Å². The van der Waals surface area contributed by atoms with Gasteiger partial charge in [-0.15, -0.1) is 0 Å². The Morgan fingerprint density at radius 2 is 1.49 bits per heavy atom. The molecule has 0 saturated carbocycles. The summed E-state index contributed by atoms with van der Waals surface area (Å²) in [5.74, 6) is -0.820. The molecule has 0 fully saturated rings. The van der Waals surface area contributed by atoms with Crippen LogP contribution in [0.2, 0.25) is 5.02 Å². The lowest BCUT2D eigenvalue weighted by molar-refractivity contribution is -0.140. The third-order valence-electron chi connectivity index (χ3n) is 5.55. The molecule has 3 aromatic rings. The average Bonchev–Trinajstić information content (AvgIpc) is 2.88. The van der Waals surface area contributed by atoms with Crippen molar-refractivity contribution < 1.29 is 18.0 Å². The van der Waals surface area contributed by atoms with Crippen LogP contribution in [0.4, 0.5) is 5.69 Å². The van der Waals surface area contributed by atoms with Gasteiger partial charge in [0.25, 0.3) is 10.0 Å². The largest absolute Gasteiger partial charge is 0.357 e. The first-order valence-electron chi connectivity index (χ1n) is 11.2. The van der Waals surface area contributed by atoms with E-state index in [2.05, 4.69) is 5.32 Å². The molecule has 0 heterocycles. The smallest absolute Gasteiger partial charge is 0.264 e. The zero-order valence-corrected chi connectivity index (χ0v) is 21.2. The van der Waals surface area contributed by atoms with Gasteiger partial charge in [0.15, 0.2) is 0 Å². The second-order valence-corrected chi connectivity index (χ2v) is 10.1. The summed E-state index contributed by atoms with van der Waals surface area (Å²) in [5.41, 5.74) is 1.12. The fourth-order valence-corrected chi connectivity index (χ4v) is 5.28. The Morgan fingerprint density at radius 3 is 2.03 bits per heavy atom. The molecule has 184 valence electrons. The number of carbonyl (C=O) groups excluding carboxylic acids is 2. The second-order valence-electron chi connectivity index (χ2n) is 7.85. The van der Waals surface area contributed by atoms with Gasteiger partial charge in [0.2, 0.25) is 11.8 Å². The summed E-state index contributed by atoms with van der Waals surface area (Å²) in [7, 11) is -2.57. The van der Waals surface area contributed by atoms with Crippen LogP contribution in [0.25, 0.3) is 0 Å². The number of hydrogen-bond donors (Lipinski definition) is 1. The van der Waals surface area contributed by atoms with Gasteiger partial charge in [-0.05, 0) is 48.4 Å². The standard InChI is InChI=1S/C26H28ClN3O4S/c1-3-24(26(32)28-2)29(18-20-10-6-4-7-11-20)25(31)19-30(22-16-14-21(27)15-17-22)35(33,34)23-12-8-5-9-13-23/h4-17,24H,3,18-19H2,1-2H3,(H,28,32)/t24-/m1/s1. The molecule has 3 aromatic carbocycles. The summed E-state index contributed by atoms with van der Waals surface area (Å²) >= 11 is 6.02. The number of nitrogens with one attached hydrogen (secondary N) is 1. The van der Waals surface area contributed by atoms with Gasteiger partial charge in [0, 0.05) is 18.6 Å². The van der Waals surface area contributed by atoms with E-state index in [0.29, 0.717) is 17.1 Å². The maximum Gasteiger partial charge on any atom is 0.264 e. The average molecular weight is 514 g/mol. The van der Waals surface area contributed by atoms with Gasteiger partial charge in [-0.1, -0.05) is 67.1 Å². The highest BCUT2D eigenvalue weighted by Crippen LogP contribution is 2.26. The maximum absolute atomic E-state index is 13.7. The quantitative estimate of drug-likeness (QED) is 0.442. The molecule has 3 rings (SSSR count). The summed E-state index contributed by atoms with van der Waals surface area (Å²) in [6.07, 6.45) is 0.366. The fourth-order valence-electron chi connectivity index (χ4n) is 3.72. The van der Waals surface area contributed by atoms with Gasteiger partial charge in [-0.25, -0.2) is 8.42 Å². The number of nitrogens with zero attached hydrogens (tertiary/aromatic N) is 2. The highest BCUT2D eigenvalue weighted by molar-refractivity contribution is 7.92. The van der Waals surface area contributed by atoms with Crippen LogP contribution in [0, 0.1) is 0 Å². The number of carbonyl (C=O) groups is 2. The Kier molecular flexibility index (Phi) is 8.89. The summed E-state index contributed by atoms with van der Waals surface area (Å²) in [5, 5.41) is 3.04. The molecular weight excluding hydrogens is 486 g/mol. The van der Waals surface area contributed by atoms with Crippen molar-refractivity contribution in [3.05, 3.63) is 95.5 Å². The number of hydrogen-bond acceptors (Lipinski definition) is 4. The van der Waals surface area contributed by atoms with E-state index in [1.807, 2.05) is 37.3 Å². The van der Waals surface area contributed by atoms with E-state index >= 15 is 0 Å². The molecule has 0 aliphatic carbocycles. The zero-order chi connectivity index (χ0) is 25.4. The minimum Gasteiger partial charge on any atom is -0.357 e. The van der Waals surface area contributed by atoms with Gasteiger partial charge in [-0.3, -0.25) is 13.9 Å². The van der Waals surface area contributed by atoms with E-state index in [1.165, 1.54) is 24.1 Å². The number of amides is 2. The molecule has 1 atom stereocenters. The van der Waals surface area contributed by atoms with Gasteiger partial charge in [0.1, 0.15) is 12.6 Å². The van der Waals surface area contributed by atoms with Crippen LogP contribution in [0.1, 0.15) is 18.9 Å². The van der Waals surface area contributed by atoms with Crippen molar-refractivity contribution in [1.82, 2.24) is 10.2 Å². The van der Waals surface area contributed by atoms with Crippen LogP contribution in [0.15, 0.2) is 89.8 Å². The molecule has 0 aliphatic rings. The summed E-state index contributed by atoms with van der Waals surface area (Å²) in [4.78, 5) is 27.8. The molecule has 35 heavy (non-hydrogen) atoms. The Bertz CT molecular complexity index is 1240. The Balaban J connectivity index is 2.03. The molecule has 1 N–H and O–H groups in total. The van der Waals surface area contributed by atoms with Crippen LogP contribution in [0.3, 0.4) is 0 Å². The van der Waals surface area contributed by atoms with Crippen LogP contribution in [0.5, 0.6) is 0 Å². The molecule has 2 amide bonds. The zero-order valence-electron chi connectivity index (χ0n) is 19.6. The van der Waals surface area contributed by atoms with E-state index < -0.39 is 28.5 Å². The molecule has 0 aromatic heterocycles. The Hall–Kier alpha value is -3.36. The van der Waals surface area contributed by atoms with Crippen LogP contribution in [-0.2, 0) is 26.2 Å². The third-order valence-corrected chi connectivity index (χ3v) is 7.59. The number of anilines is 1. The topological polar surface area (TPSA) is 86.8 Å². The minimum atomic E-state index is -4.08. The van der Waals surface area contributed by atoms with Crippen molar-refractivity contribution in [2.24, 2.45) is 0 Å². The summed E-state index contributed by atoms with van der Waals surface area (Å²) < 4.78 is 28.3. The van der Waals surface area contributed by atoms with Crippen LogP contribution < -0.4 is 9.62 Å². The normalized spacial score (nSPS) is 12.0. The number of benzene rings is 3. The lowest BCUT2D eigenvalue weighted by Crippen LogP contribution is -2.51. The molecule has 0 aliphatic heterocycles. The fraction of sp³-hybridized carbons (Fsp3) is 0.231.